The van der Waals surface area contributed by atoms with Gasteiger partial charge in [0, 0.05) is 40.3 Å². The van der Waals surface area contributed by atoms with E-state index in [4.69, 9.17) is 0 Å². The maximum Gasteiger partial charge on any atom is 0.333 e. The summed E-state index contributed by atoms with van der Waals surface area (Å²) in [6.07, 6.45) is 2.47. The summed E-state index contributed by atoms with van der Waals surface area (Å²) in [6.45, 7) is 7.96. The van der Waals surface area contributed by atoms with Crippen molar-refractivity contribution in [2.24, 2.45) is 0 Å². The van der Waals surface area contributed by atoms with E-state index in [1.54, 1.807) is 18.2 Å². The molecular formula is C27H23FN4O3S. The van der Waals surface area contributed by atoms with Gasteiger partial charge in [-0.25, -0.2) is 0 Å². The quantitative estimate of drug-likeness (QED) is 0.306. The number of nitrogens with one attached hydrogen (secondary N) is 1. The number of fused-ring (bicyclic) bond motifs is 4. The van der Waals surface area contributed by atoms with Crippen molar-refractivity contribution in [3.63, 3.8) is 0 Å². The van der Waals surface area contributed by atoms with Crippen molar-refractivity contribution in [1.29, 1.82) is 5.26 Å². The number of pyridine rings is 2. The summed E-state index contributed by atoms with van der Waals surface area (Å²) in [6, 6.07) is 12.2. The van der Waals surface area contributed by atoms with Gasteiger partial charge in [-0.3, -0.25) is 9.78 Å². The number of benzene rings is 2. The molecule has 0 saturated heterocycles. The van der Waals surface area contributed by atoms with Crippen molar-refractivity contribution < 1.29 is 12.3 Å². The second kappa shape index (κ2) is 8.28. The Bertz CT molecular complexity index is 1910. The summed E-state index contributed by atoms with van der Waals surface area (Å²) in [7, 11) is -4.93. The van der Waals surface area contributed by atoms with Crippen LogP contribution in [0.4, 0.5) is 3.89 Å². The molecule has 3 aromatic heterocycles. The molecule has 5 aromatic rings. The third kappa shape index (κ3) is 3.65. The van der Waals surface area contributed by atoms with Crippen LogP contribution in [-0.4, -0.2) is 23.0 Å². The SMILES string of the molecule is CC(C)c1cc2c(=O)c3c4ccc(C#N)cc4[nH]c3n(C(C)C)c2cc1-c1cncc(S(=O)(=O)F)c1. The van der Waals surface area contributed by atoms with E-state index >= 15 is 0 Å². The predicted octanol–water partition coefficient (Wildman–Crippen LogP) is 5.93. The van der Waals surface area contributed by atoms with Gasteiger partial charge in [-0.05, 0) is 61.2 Å². The summed E-state index contributed by atoms with van der Waals surface area (Å²) in [4.78, 5) is 20.6. The molecule has 0 atom stereocenters. The van der Waals surface area contributed by atoms with Gasteiger partial charge in [0.15, 0.2) is 5.43 Å². The Morgan fingerprint density at radius 2 is 1.81 bits per heavy atom. The minimum atomic E-state index is -4.93. The van der Waals surface area contributed by atoms with Crippen LogP contribution in [0.2, 0.25) is 0 Å². The van der Waals surface area contributed by atoms with Crippen molar-refractivity contribution in [3.05, 3.63) is 70.1 Å². The van der Waals surface area contributed by atoms with Gasteiger partial charge in [-0.2, -0.15) is 13.7 Å². The molecule has 3 heterocycles. The molecule has 0 saturated carbocycles. The summed E-state index contributed by atoms with van der Waals surface area (Å²) in [5.41, 5.74) is 4.26. The zero-order valence-electron chi connectivity index (χ0n) is 20.1. The summed E-state index contributed by atoms with van der Waals surface area (Å²) < 4.78 is 38.8. The Kier molecular flexibility index (Phi) is 5.45. The first-order valence-corrected chi connectivity index (χ1v) is 12.9. The second-order valence-electron chi connectivity index (χ2n) is 9.47. The molecule has 7 nitrogen and oxygen atoms in total. The topological polar surface area (TPSA) is 109 Å². The minimum Gasteiger partial charge on any atom is -0.340 e. The Hall–Kier alpha value is -4.03. The molecule has 0 aliphatic carbocycles. The molecule has 0 radical (unpaired) electrons. The molecule has 0 unspecified atom stereocenters. The third-order valence-corrected chi connectivity index (χ3v) is 7.28. The number of nitriles is 1. The molecule has 0 bridgehead atoms. The van der Waals surface area contributed by atoms with Gasteiger partial charge in [0.2, 0.25) is 0 Å². The van der Waals surface area contributed by atoms with E-state index in [1.807, 2.05) is 44.4 Å². The summed E-state index contributed by atoms with van der Waals surface area (Å²) in [5.74, 6) is -0.0150. The molecule has 0 fully saturated rings. The molecular weight excluding hydrogens is 479 g/mol. The summed E-state index contributed by atoms with van der Waals surface area (Å²) in [5, 5.41) is 11.1. The lowest BCUT2D eigenvalue weighted by Gasteiger charge is -2.20. The second-order valence-corrected chi connectivity index (χ2v) is 10.8. The normalized spacial score (nSPS) is 12.3. The molecule has 2 aromatic carbocycles. The zero-order valence-corrected chi connectivity index (χ0v) is 20.9. The van der Waals surface area contributed by atoms with Crippen LogP contribution >= 0.6 is 0 Å². The average Bonchev–Trinajstić information content (AvgIpc) is 3.21. The third-order valence-electron chi connectivity index (χ3n) is 6.49. The van der Waals surface area contributed by atoms with Crippen molar-refractivity contribution in [2.75, 3.05) is 0 Å². The van der Waals surface area contributed by atoms with E-state index in [-0.39, 0.29) is 17.4 Å². The van der Waals surface area contributed by atoms with Crippen LogP contribution in [0.15, 0.2) is 58.5 Å². The lowest BCUT2D eigenvalue weighted by molar-refractivity contribution is 0.551. The standard InChI is InChI=1S/C27H23FN4O3S/c1-14(2)20-9-22-24(10-21(20)17-8-18(13-30-12-17)36(28,34)35)32(15(3)4)27-25(26(22)33)19-6-5-16(11-29)7-23(19)31-27/h5-10,12-15,31H,1-4H3. The number of nitrogens with zero attached hydrogens (tertiary/aromatic N) is 3. The number of halogens is 1. The van der Waals surface area contributed by atoms with Gasteiger partial charge in [-0.1, -0.05) is 19.9 Å². The predicted molar refractivity (Wildman–Crippen MR) is 138 cm³/mol. The maximum absolute atomic E-state index is 13.9. The molecule has 1 N–H and O–H groups in total. The van der Waals surface area contributed by atoms with E-state index < -0.39 is 15.1 Å². The van der Waals surface area contributed by atoms with Crippen molar-refractivity contribution in [2.45, 2.75) is 44.6 Å². The van der Waals surface area contributed by atoms with Gasteiger partial charge in [0.1, 0.15) is 10.5 Å². The highest BCUT2D eigenvalue weighted by atomic mass is 32.3. The number of rotatable bonds is 4. The van der Waals surface area contributed by atoms with Crippen LogP contribution in [0.5, 0.6) is 0 Å². The van der Waals surface area contributed by atoms with E-state index in [1.165, 1.54) is 12.3 Å². The van der Waals surface area contributed by atoms with Gasteiger partial charge >= 0.3 is 10.2 Å². The van der Waals surface area contributed by atoms with Crippen LogP contribution in [-0.2, 0) is 10.2 Å². The van der Waals surface area contributed by atoms with Gasteiger partial charge in [-0.15, -0.1) is 3.89 Å². The number of H-pyrrole nitrogens is 1. The van der Waals surface area contributed by atoms with Gasteiger partial charge < -0.3 is 9.55 Å². The highest BCUT2D eigenvalue weighted by Gasteiger charge is 2.22. The smallest absolute Gasteiger partial charge is 0.333 e. The highest BCUT2D eigenvalue weighted by molar-refractivity contribution is 7.86. The van der Waals surface area contributed by atoms with Gasteiger partial charge in [0.25, 0.3) is 0 Å². The van der Waals surface area contributed by atoms with E-state index in [9.17, 15) is 22.4 Å². The molecule has 9 heteroatoms. The van der Waals surface area contributed by atoms with Crippen molar-refractivity contribution in [1.82, 2.24) is 14.5 Å². The fourth-order valence-corrected chi connectivity index (χ4v) is 5.32. The largest absolute Gasteiger partial charge is 0.340 e. The minimum absolute atomic E-state index is 0.0150. The van der Waals surface area contributed by atoms with Crippen LogP contribution < -0.4 is 5.43 Å². The van der Waals surface area contributed by atoms with Crippen LogP contribution in [0.25, 0.3) is 44.0 Å². The fourth-order valence-electron chi connectivity index (χ4n) is 4.87. The zero-order chi connectivity index (χ0) is 25.9. The molecule has 36 heavy (non-hydrogen) atoms. The molecule has 0 aliphatic heterocycles. The Balaban J connectivity index is 1.95. The number of hydrogen-bond acceptors (Lipinski definition) is 5. The van der Waals surface area contributed by atoms with E-state index in [0.717, 1.165) is 17.1 Å². The maximum atomic E-state index is 13.9. The molecule has 0 spiro atoms. The first-order valence-electron chi connectivity index (χ1n) is 11.5. The van der Waals surface area contributed by atoms with E-state index in [0.29, 0.717) is 44.1 Å². The Morgan fingerprint density at radius 1 is 1.06 bits per heavy atom. The Morgan fingerprint density at radius 3 is 2.44 bits per heavy atom. The first-order chi connectivity index (χ1) is 17.0. The number of aromatic amines is 1. The lowest BCUT2D eigenvalue weighted by atomic mass is 9.91. The van der Waals surface area contributed by atoms with Crippen LogP contribution in [0.1, 0.15) is 50.8 Å². The number of aromatic nitrogens is 3. The molecule has 5 rings (SSSR count). The fraction of sp³-hybridized carbons (Fsp3) is 0.222. The van der Waals surface area contributed by atoms with Crippen molar-refractivity contribution >= 4 is 43.1 Å². The first kappa shape index (κ1) is 23.7. The van der Waals surface area contributed by atoms with Crippen molar-refractivity contribution in [3.8, 4) is 17.2 Å². The average molecular weight is 503 g/mol. The highest BCUT2D eigenvalue weighted by Crippen LogP contribution is 2.36. The van der Waals surface area contributed by atoms with Crippen LogP contribution in [0.3, 0.4) is 0 Å². The summed E-state index contributed by atoms with van der Waals surface area (Å²) >= 11 is 0. The lowest BCUT2D eigenvalue weighted by Crippen LogP contribution is -2.13. The molecule has 0 amide bonds. The van der Waals surface area contributed by atoms with E-state index in [2.05, 4.69) is 16.0 Å². The number of hydrogen-bond donors (Lipinski definition) is 1. The van der Waals surface area contributed by atoms with Crippen LogP contribution in [0, 0.1) is 11.3 Å². The molecule has 0 aliphatic rings. The molecule has 182 valence electrons. The van der Waals surface area contributed by atoms with Gasteiger partial charge in [0.05, 0.1) is 22.5 Å². The monoisotopic (exact) mass is 502 g/mol. The Labute approximate surface area is 207 Å².